The number of nitrogens with two attached hydrogens (primary N) is 1. The Bertz CT molecular complexity index is 757. The van der Waals surface area contributed by atoms with Crippen molar-refractivity contribution in [3.8, 4) is 16.5 Å². The number of hydrogen-bond donors (Lipinski definition) is 1. The number of anilines is 1. The third-order valence-corrected chi connectivity index (χ3v) is 3.63. The Morgan fingerprint density at radius 2 is 2.11 bits per heavy atom. The molecule has 0 spiro atoms. The van der Waals surface area contributed by atoms with E-state index >= 15 is 0 Å². The van der Waals surface area contributed by atoms with Crippen molar-refractivity contribution in [2.75, 3.05) is 12.8 Å². The molecule has 19 heavy (non-hydrogen) atoms. The second-order valence-corrected chi connectivity index (χ2v) is 4.83. The van der Waals surface area contributed by atoms with Gasteiger partial charge in [0, 0.05) is 11.5 Å². The molecule has 0 aliphatic rings. The van der Waals surface area contributed by atoms with E-state index in [1.807, 2.05) is 11.4 Å². The normalized spacial score (nSPS) is 10.8. The fourth-order valence-electron chi connectivity index (χ4n) is 1.85. The van der Waals surface area contributed by atoms with Crippen LogP contribution in [0.25, 0.3) is 21.6 Å². The minimum atomic E-state index is -0.352. The van der Waals surface area contributed by atoms with E-state index in [-0.39, 0.29) is 5.82 Å². The lowest BCUT2D eigenvalue weighted by atomic mass is 10.2. The van der Waals surface area contributed by atoms with Crippen molar-refractivity contribution in [1.82, 2.24) is 9.97 Å². The van der Waals surface area contributed by atoms with Crippen LogP contribution in [0.3, 0.4) is 0 Å². The van der Waals surface area contributed by atoms with Crippen molar-refractivity contribution < 1.29 is 9.13 Å². The second-order valence-electron chi connectivity index (χ2n) is 3.91. The number of nitrogens with zero attached hydrogens (tertiary/aromatic N) is 2. The minimum Gasteiger partial charge on any atom is -0.495 e. The Balaban J connectivity index is 2.25. The zero-order chi connectivity index (χ0) is 13.4. The fourth-order valence-corrected chi connectivity index (χ4v) is 2.64. The van der Waals surface area contributed by atoms with Gasteiger partial charge in [-0.1, -0.05) is 0 Å². The summed E-state index contributed by atoms with van der Waals surface area (Å²) in [5.74, 6) is 1.10. The van der Waals surface area contributed by atoms with Gasteiger partial charge in [-0.25, -0.2) is 14.4 Å². The molecular weight excluding hydrogens is 265 g/mol. The molecule has 4 nitrogen and oxygen atoms in total. The van der Waals surface area contributed by atoms with Gasteiger partial charge in [-0.05, 0) is 23.6 Å². The Labute approximate surface area is 112 Å². The molecular formula is C13H10FN3OS. The van der Waals surface area contributed by atoms with Gasteiger partial charge in [0.15, 0.2) is 5.82 Å². The smallest absolute Gasteiger partial charge is 0.176 e. The zero-order valence-corrected chi connectivity index (χ0v) is 10.9. The van der Waals surface area contributed by atoms with E-state index in [1.54, 1.807) is 13.2 Å². The molecule has 0 aliphatic heterocycles. The number of thiophene rings is 1. The first kappa shape index (κ1) is 11.9. The van der Waals surface area contributed by atoms with Crippen LogP contribution in [-0.2, 0) is 0 Å². The molecule has 2 heterocycles. The average Bonchev–Trinajstić information content (AvgIpc) is 2.86. The first-order valence-electron chi connectivity index (χ1n) is 5.53. The molecule has 2 N–H and O–H groups in total. The van der Waals surface area contributed by atoms with Crippen LogP contribution in [0.15, 0.2) is 29.6 Å². The average molecular weight is 275 g/mol. The highest BCUT2D eigenvalue weighted by molar-refractivity contribution is 7.13. The van der Waals surface area contributed by atoms with Crippen molar-refractivity contribution in [2.45, 2.75) is 0 Å². The number of hydrogen-bond acceptors (Lipinski definition) is 5. The van der Waals surface area contributed by atoms with Crippen LogP contribution in [0.2, 0.25) is 0 Å². The number of nitrogen functional groups attached to an aromatic ring is 1. The number of ether oxygens (including phenoxy) is 1. The highest BCUT2D eigenvalue weighted by Crippen LogP contribution is 2.34. The molecule has 0 bridgehead atoms. The molecule has 0 fully saturated rings. The Hall–Kier alpha value is -2.21. The van der Waals surface area contributed by atoms with Crippen molar-refractivity contribution in [3.63, 3.8) is 0 Å². The third-order valence-electron chi connectivity index (χ3n) is 2.74. The number of fused-ring (bicyclic) bond motifs is 1. The summed E-state index contributed by atoms with van der Waals surface area (Å²) in [6.45, 7) is 0. The van der Waals surface area contributed by atoms with Gasteiger partial charge in [0.25, 0.3) is 0 Å². The maximum absolute atomic E-state index is 13.3. The molecule has 96 valence electrons. The summed E-state index contributed by atoms with van der Waals surface area (Å²) in [6.07, 6.45) is 0. The van der Waals surface area contributed by atoms with E-state index in [2.05, 4.69) is 9.97 Å². The van der Waals surface area contributed by atoms with E-state index in [4.69, 9.17) is 10.5 Å². The second kappa shape index (κ2) is 4.47. The fraction of sp³-hybridized carbons (Fsp3) is 0.0769. The number of rotatable bonds is 2. The highest BCUT2D eigenvalue weighted by Gasteiger charge is 2.13. The molecule has 3 aromatic rings. The molecule has 0 amide bonds. The lowest BCUT2D eigenvalue weighted by Crippen LogP contribution is -1.98. The van der Waals surface area contributed by atoms with Crippen molar-refractivity contribution in [3.05, 3.63) is 35.5 Å². The van der Waals surface area contributed by atoms with Crippen LogP contribution >= 0.6 is 11.3 Å². The standard InChI is InChI=1S/C13H10FN3OS/c1-18-10-4-5-19-11(10)13-16-9-6-7(14)2-3-8(9)12(15)17-13/h2-6H,1H3,(H2,15,16,17). The minimum absolute atomic E-state index is 0.329. The lowest BCUT2D eigenvalue weighted by molar-refractivity contribution is 0.418. The van der Waals surface area contributed by atoms with Gasteiger partial charge >= 0.3 is 0 Å². The van der Waals surface area contributed by atoms with E-state index in [1.165, 1.54) is 23.5 Å². The molecule has 0 unspecified atom stereocenters. The summed E-state index contributed by atoms with van der Waals surface area (Å²) < 4.78 is 18.5. The van der Waals surface area contributed by atoms with E-state index in [9.17, 15) is 4.39 Å². The maximum Gasteiger partial charge on any atom is 0.176 e. The van der Waals surface area contributed by atoms with Crippen LogP contribution in [0.1, 0.15) is 0 Å². The molecule has 0 aliphatic carbocycles. The van der Waals surface area contributed by atoms with Crippen LogP contribution in [-0.4, -0.2) is 17.1 Å². The number of benzene rings is 1. The monoisotopic (exact) mass is 275 g/mol. The zero-order valence-electron chi connectivity index (χ0n) is 10.1. The van der Waals surface area contributed by atoms with Crippen LogP contribution in [0.5, 0.6) is 5.75 Å². The summed E-state index contributed by atoms with van der Waals surface area (Å²) in [4.78, 5) is 9.38. The summed E-state index contributed by atoms with van der Waals surface area (Å²) in [7, 11) is 1.58. The first-order chi connectivity index (χ1) is 9.19. The molecule has 0 saturated heterocycles. The van der Waals surface area contributed by atoms with Gasteiger partial charge < -0.3 is 10.5 Å². The maximum atomic E-state index is 13.3. The van der Waals surface area contributed by atoms with Gasteiger partial charge in [-0.2, -0.15) is 0 Å². The number of methoxy groups -OCH3 is 1. The van der Waals surface area contributed by atoms with Crippen molar-refractivity contribution >= 4 is 28.1 Å². The first-order valence-corrected chi connectivity index (χ1v) is 6.41. The molecule has 0 saturated carbocycles. The van der Waals surface area contributed by atoms with Crippen LogP contribution in [0, 0.1) is 5.82 Å². The molecule has 6 heteroatoms. The van der Waals surface area contributed by atoms with Crippen LogP contribution < -0.4 is 10.5 Å². The molecule has 0 atom stereocenters. The summed E-state index contributed by atoms with van der Waals surface area (Å²) in [5, 5.41) is 2.52. The van der Waals surface area contributed by atoms with E-state index in [0.717, 1.165) is 4.88 Å². The predicted octanol–water partition coefficient (Wildman–Crippen LogP) is 3.09. The van der Waals surface area contributed by atoms with Crippen molar-refractivity contribution in [1.29, 1.82) is 0 Å². The van der Waals surface area contributed by atoms with E-state index < -0.39 is 0 Å². The third kappa shape index (κ3) is 2.00. The van der Waals surface area contributed by atoms with Gasteiger partial charge in [-0.3, -0.25) is 0 Å². The molecule has 0 radical (unpaired) electrons. The van der Waals surface area contributed by atoms with Gasteiger partial charge in [0.1, 0.15) is 22.3 Å². The predicted molar refractivity (Wildman–Crippen MR) is 73.8 cm³/mol. The van der Waals surface area contributed by atoms with Gasteiger partial charge in [0.05, 0.1) is 12.6 Å². The van der Waals surface area contributed by atoms with E-state index in [0.29, 0.717) is 28.3 Å². The number of aromatic nitrogens is 2. The lowest BCUT2D eigenvalue weighted by Gasteiger charge is -2.05. The Morgan fingerprint density at radius 1 is 1.26 bits per heavy atom. The Kier molecular flexibility index (Phi) is 2.79. The quantitative estimate of drug-likeness (QED) is 0.780. The summed E-state index contributed by atoms with van der Waals surface area (Å²) >= 11 is 1.45. The summed E-state index contributed by atoms with van der Waals surface area (Å²) in [5.41, 5.74) is 6.38. The highest BCUT2D eigenvalue weighted by atomic mass is 32.1. The molecule has 3 rings (SSSR count). The SMILES string of the molecule is COc1ccsc1-c1nc(N)c2ccc(F)cc2n1. The summed E-state index contributed by atoms with van der Waals surface area (Å²) in [6, 6.07) is 6.09. The van der Waals surface area contributed by atoms with Crippen molar-refractivity contribution in [2.24, 2.45) is 0 Å². The molecule has 2 aromatic heterocycles. The van der Waals surface area contributed by atoms with Gasteiger partial charge in [-0.15, -0.1) is 11.3 Å². The topological polar surface area (TPSA) is 61.0 Å². The molecule has 1 aromatic carbocycles. The number of halogens is 1. The van der Waals surface area contributed by atoms with Crippen LogP contribution in [0.4, 0.5) is 10.2 Å². The largest absolute Gasteiger partial charge is 0.495 e. The van der Waals surface area contributed by atoms with Gasteiger partial charge in [0.2, 0.25) is 0 Å². The Morgan fingerprint density at radius 3 is 2.89 bits per heavy atom.